The first-order chi connectivity index (χ1) is 16.4. The monoisotopic (exact) mass is 466 g/mol. The summed E-state index contributed by atoms with van der Waals surface area (Å²) in [5, 5.41) is 14.6. The summed E-state index contributed by atoms with van der Waals surface area (Å²) < 4.78 is 5.59. The number of hydrogen-bond acceptors (Lipinski definition) is 4. The zero-order valence-corrected chi connectivity index (χ0v) is 19.9. The molecule has 2 aromatic carbocycles. The van der Waals surface area contributed by atoms with Crippen molar-refractivity contribution in [3.63, 3.8) is 0 Å². The average Bonchev–Trinajstić information content (AvgIpc) is 3.14. The third-order valence-corrected chi connectivity index (χ3v) is 6.20. The predicted octanol–water partition coefficient (Wildman–Crippen LogP) is 4.84. The first kappa shape index (κ1) is 25.3. The number of unbranched alkanes of at least 4 members (excludes halogenated alkanes) is 1. The zero-order chi connectivity index (χ0) is 24.5. The number of carbonyl (C=O) groups excluding carboxylic acids is 2. The van der Waals surface area contributed by atoms with Crippen molar-refractivity contribution in [1.82, 2.24) is 10.6 Å². The van der Waals surface area contributed by atoms with Crippen molar-refractivity contribution in [2.75, 3.05) is 6.61 Å². The standard InChI is InChI=1S/C27H34N2O5/c1-3-5-15-24(26(32)28-18(10-4-2)16-25(30)31)29-27(33)34-17-23-21-13-8-6-11-19(21)20-12-7-9-14-22(20)23/h6-9,11-14,18,23-24H,3-5,10,15-17H2,1-2H3,(H,28,32)(H,29,33)(H,30,31)/t18-,24?/m0/s1. The molecule has 7 nitrogen and oxygen atoms in total. The van der Waals surface area contributed by atoms with Gasteiger partial charge >= 0.3 is 12.1 Å². The SMILES string of the molecule is CCCCC(NC(=O)OCC1c2ccccc2-c2ccccc21)C(=O)N[C@@H](CCC)CC(=O)O. The molecule has 0 heterocycles. The van der Waals surface area contributed by atoms with Crippen molar-refractivity contribution in [1.29, 1.82) is 0 Å². The molecule has 34 heavy (non-hydrogen) atoms. The number of carbonyl (C=O) groups is 3. The summed E-state index contributed by atoms with van der Waals surface area (Å²) in [6.45, 7) is 4.11. The first-order valence-electron chi connectivity index (χ1n) is 12.1. The van der Waals surface area contributed by atoms with E-state index in [0.717, 1.165) is 41.5 Å². The van der Waals surface area contributed by atoms with E-state index in [1.165, 1.54) is 0 Å². The van der Waals surface area contributed by atoms with Crippen molar-refractivity contribution in [2.45, 2.75) is 70.4 Å². The number of alkyl carbamates (subject to hydrolysis) is 1. The highest BCUT2D eigenvalue weighted by atomic mass is 16.5. The lowest BCUT2D eigenvalue weighted by Gasteiger charge is -2.23. The Hall–Kier alpha value is -3.35. The van der Waals surface area contributed by atoms with Crippen LogP contribution in [0.25, 0.3) is 11.1 Å². The van der Waals surface area contributed by atoms with E-state index in [2.05, 4.69) is 34.9 Å². The molecule has 0 aliphatic heterocycles. The number of aliphatic carboxylic acids is 1. The lowest BCUT2D eigenvalue weighted by atomic mass is 9.98. The van der Waals surface area contributed by atoms with Crippen LogP contribution < -0.4 is 10.6 Å². The summed E-state index contributed by atoms with van der Waals surface area (Å²) in [6.07, 6.45) is 2.58. The van der Waals surface area contributed by atoms with Gasteiger partial charge in [-0.15, -0.1) is 0 Å². The van der Waals surface area contributed by atoms with E-state index in [4.69, 9.17) is 9.84 Å². The maximum atomic E-state index is 12.9. The Kier molecular flexibility index (Phi) is 9.08. The van der Waals surface area contributed by atoms with E-state index in [9.17, 15) is 14.4 Å². The molecule has 3 rings (SSSR count). The molecule has 1 aliphatic carbocycles. The smallest absolute Gasteiger partial charge is 0.407 e. The third-order valence-electron chi connectivity index (χ3n) is 6.20. The van der Waals surface area contributed by atoms with Gasteiger partial charge in [-0.25, -0.2) is 4.79 Å². The second kappa shape index (κ2) is 12.2. The van der Waals surface area contributed by atoms with E-state index in [-0.39, 0.29) is 24.9 Å². The normalized spacial score (nSPS) is 13.9. The van der Waals surface area contributed by atoms with Gasteiger partial charge in [0.15, 0.2) is 0 Å². The summed E-state index contributed by atoms with van der Waals surface area (Å²) in [6, 6.07) is 15.0. The van der Waals surface area contributed by atoms with Crippen LogP contribution in [0, 0.1) is 0 Å². The van der Waals surface area contributed by atoms with Crippen molar-refractivity contribution in [3.05, 3.63) is 59.7 Å². The molecule has 7 heteroatoms. The fourth-order valence-corrected chi connectivity index (χ4v) is 4.55. The maximum Gasteiger partial charge on any atom is 0.407 e. The summed E-state index contributed by atoms with van der Waals surface area (Å²) in [5.74, 6) is -1.40. The molecule has 1 aliphatic rings. The van der Waals surface area contributed by atoms with Crippen LogP contribution >= 0.6 is 0 Å². The van der Waals surface area contributed by atoms with Crippen LogP contribution in [0.15, 0.2) is 48.5 Å². The number of ether oxygens (including phenoxy) is 1. The van der Waals surface area contributed by atoms with Crippen molar-refractivity contribution >= 4 is 18.0 Å². The molecule has 0 bridgehead atoms. The van der Waals surface area contributed by atoms with Gasteiger partial charge in [0.2, 0.25) is 5.91 Å². The van der Waals surface area contributed by atoms with Crippen LogP contribution in [0.1, 0.15) is 69.4 Å². The minimum Gasteiger partial charge on any atom is -0.481 e. The molecule has 182 valence electrons. The molecule has 0 saturated carbocycles. The molecule has 0 saturated heterocycles. The largest absolute Gasteiger partial charge is 0.481 e. The van der Waals surface area contributed by atoms with Gasteiger partial charge in [-0.1, -0.05) is 81.6 Å². The second-order valence-electron chi connectivity index (χ2n) is 8.76. The number of carboxylic acid groups (broad SMARTS) is 1. The van der Waals surface area contributed by atoms with Crippen molar-refractivity contribution < 1.29 is 24.2 Å². The Labute approximate surface area is 200 Å². The van der Waals surface area contributed by atoms with Crippen LogP contribution in [0.4, 0.5) is 4.79 Å². The molecule has 0 fully saturated rings. The van der Waals surface area contributed by atoms with Crippen molar-refractivity contribution in [2.24, 2.45) is 0 Å². The minimum absolute atomic E-state index is 0.0643. The Morgan fingerprint density at radius 2 is 1.53 bits per heavy atom. The Morgan fingerprint density at radius 3 is 2.09 bits per heavy atom. The fraction of sp³-hybridized carbons (Fsp3) is 0.444. The second-order valence-corrected chi connectivity index (χ2v) is 8.76. The minimum atomic E-state index is -0.964. The number of nitrogens with one attached hydrogen (secondary N) is 2. The molecule has 0 spiro atoms. The summed E-state index contributed by atoms with van der Waals surface area (Å²) in [7, 11) is 0. The van der Waals surface area contributed by atoms with Gasteiger partial charge in [-0.2, -0.15) is 0 Å². The summed E-state index contributed by atoms with van der Waals surface area (Å²) in [4.78, 5) is 36.7. The van der Waals surface area contributed by atoms with Gasteiger partial charge in [-0.05, 0) is 35.1 Å². The van der Waals surface area contributed by atoms with Crippen LogP contribution in [0.2, 0.25) is 0 Å². The van der Waals surface area contributed by atoms with Crippen LogP contribution in [0.5, 0.6) is 0 Å². The first-order valence-corrected chi connectivity index (χ1v) is 12.1. The highest BCUT2D eigenvalue weighted by Gasteiger charge is 2.30. The summed E-state index contributed by atoms with van der Waals surface area (Å²) >= 11 is 0. The molecule has 2 amide bonds. The maximum absolute atomic E-state index is 12.9. The molecular formula is C27H34N2O5. The molecule has 0 radical (unpaired) electrons. The van der Waals surface area contributed by atoms with Gasteiger partial charge in [0.25, 0.3) is 0 Å². The molecule has 1 unspecified atom stereocenters. The van der Waals surface area contributed by atoms with Gasteiger partial charge in [0, 0.05) is 12.0 Å². The third kappa shape index (κ3) is 6.37. The van der Waals surface area contributed by atoms with Crippen LogP contribution in [-0.2, 0) is 14.3 Å². The Morgan fingerprint density at radius 1 is 0.912 bits per heavy atom. The molecule has 2 aromatic rings. The average molecular weight is 467 g/mol. The van der Waals surface area contributed by atoms with E-state index >= 15 is 0 Å². The number of rotatable bonds is 12. The molecule has 3 N–H and O–H groups in total. The van der Waals surface area contributed by atoms with Crippen LogP contribution in [0.3, 0.4) is 0 Å². The highest BCUT2D eigenvalue weighted by Crippen LogP contribution is 2.44. The predicted molar refractivity (Wildman–Crippen MR) is 131 cm³/mol. The van der Waals surface area contributed by atoms with E-state index in [1.54, 1.807) is 0 Å². The number of carboxylic acids is 1. The van der Waals surface area contributed by atoms with Crippen LogP contribution in [-0.4, -0.2) is 41.8 Å². The van der Waals surface area contributed by atoms with Gasteiger partial charge in [0.1, 0.15) is 12.6 Å². The molecule has 0 aromatic heterocycles. The lowest BCUT2D eigenvalue weighted by Crippen LogP contribution is -2.50. The van der Waals surface area contributed by atoms with E-state index < -0.39 is 24.1 Å². The number of benzene rings is 2. The fourth-order valence-electron chi connectivity index (χ4n) is 4.55. The number of fused-ring (bicyclic) bond motifs is 3. The van der Waals surface area contributed by atoms with Gasteiger partial charge < -0.3 is 20.5 Å². The molecule has 2 atom stereocenters. The quantitative estimate of drug-likeness (QED) is 0.415. The molecular weight excluding hydrogens is 432 g/mol. The number of amides is 2. The summed E-state index contributed by atoms with van der Waals surface area (Å²) in [5.41, 5.74) is 4.53. The lowest BCUT2D eigenvalue weighted by molar-refractivity contribution is -0.137. The number of hydrogen-bond donors (Lipinski definition) is 3. The van der Waals surface area contributed by atoms with Gasteiger partial charge in [-0.3, -0.25) is 9.59 Å². The Balaban J connectivity index is 1.64. The Bertz CT molecular complexity index is 961. The topological polar surface area (TPSA) is 105 Å². The van der Waals surface area contributed by atoms with Crippen molar-refractivity contribution in [3.8, 4) is 11.1 Å². The van der Waals surface area contributed by atoms with E-state index in [1.807, 2.05) is 38.1 Å². The highest BCUT2D eigenvalue weighted by molar-refractivity contribution is 5.86. The van der Waals surface area contributed by atoms with E-state index in [0.29, 0.717) is 12.8 Å². The zero-order valence-electron chi connectivity index (χ0n) is 19.9. The van der Waals surface area contributed by atoms with Gasteiger partial charge in [0.05, 0.1) is 6.42 Å².